The van der Waals surface area contributed by atoms with E-state index in [0.717, 1.165) is 5.75 Å². The van der Waals surface area contributed by atoms with Crippen LogP contribution >= 0.6 is 35.0 Å². The molecule has 0 aliphatic rings. The smallest absolute Gasteiger partial charge is 0.190 e. The third kappa shape index (κ3) is 4.49. The zero-order valence-electron chi connectivity index (χ0n) is 7.96. The van der Waals surface area contributed by atoms with Gasteiger partial charge in [0.05, 0.1) is 0 Å². The number of halogens is 2. The molecule has 0 amide bonds. The van der Waals surface area contributed by atoms with E-state index in [-0.39, 0.29) is 0 Å². The summed E-state index contributed by atoms with van der Waals surface area (Å²) < 4.78 is 0. The van der Waals surface area contributed by atoms with E-state index in [9.17, 15) is 0 Å². The van der Waals surface area contributed by atoms with Gasteiger partial charge in [-0.2, -0.15) is 0 Å². The summed E-state index contributed by atoms with van der Waals surface area (Å²) in [7, 11) is 0. The first-order chi connectivity index (χ1) is 6.72. The molecule has 0 aliphatic carbocycles. The molecule has 0 unspecified atom stereocenters. The predicted molar refractivity (Wildman–Crippen MR) is 62.3 cm³/mol. The first-order valence-corrected chi connectivity index (χ1v) is 6.29. The molecule has 0 saturated heterocycles. The highest BCUT2D eigenvalue weighted by Gasteiger charge is 2.01. The van der Waals surface area contributed by atoms with E-state index in [1.54, 1.807) is 17.8 Å². The number of aromatic nitrogens is 2. The van der Waals surface area contributed by atoms with Crippen LogP contribution in [0.15, 0.2) is 11.2 Å². The minimum absolute atomic E-state index is 0.406. The monoisotopic (exact) mass is 250 g/mol. The Labute approximate surface area is 98.4 Å². The normalized spacial score (nSPS) is 10.5. The highest BCUT2D eigenvalue weighted by Crippen LogP contribution is 2.20. The van der Waals surface area contributed by atoms with Gasteiger partial charge in [0, 0.05) is 11.8 Å². The van der Waals surface area contributed by atoms with Gasteiger partial charge in [0.15, 0.2) is 5.16 Å². The maximum absolute atomic E-state index is 5.74. The molecule has 78 valence electrons. The molecule has 0 N–H and O–H groups in total. The van der Waals surface area contributed by atoms with Crippen LogP contribution in [0.4, 0.5) is 0 Å². The van der Waals surface area contributed by atoms with Gasteiger partial charge in [-0.3, -0.25) is 0 Å². The third-order valence-electron chi connectivity index (χ3n) is 1.62. The Hall–Kier alpha value is 0.01000. The second-order valence-corrected chi connectivity index (χ2v) is 4.69. The van der Waals surface area contributed by atoms with Crippen LogP contribution in [0.1, 0.15) is 26.2 Å². The summed E-state index contributed by atoms with van der Waals surface area (Å²) >= 11 is 13.1. The molecule has 1 heterocycles. The molecule has 1 aromatic rings. The number of thioether (sulfide) groups is 1. The highest BCUT2D eigenvalue weighted by molar-refractivity contribution is 7.99. The van der Waals surface area contributed by atoms with Crippen molar-refractivity contribution in [3.8, 4) is 0 Å². The summed E-state index contributed by atoms with van der Waals surface area (Å²) in [6.45, 7) is 2.18. The first-order valence-electron chi connectivity index (χ1n) is 4.55. The Balaban J connectivity index is 2.42. The summed E-state index contributed by atoms with van der Waals surface area (Å²) in [5, 5.41) is 1.48. The Kier molecular flexibility index (Phi) is 5.60. The summed E-state index contributed by atoms with van der Waals surface area (Å²) in [6.07, 6.45) is 3.63. The molecule has 1 rings (SSSR count). The third-order valence-corrected chi connectivity index (χ3v) is 2.94. The van der Waals surface area contributed by atoms with Gasteiger partial charge in [0.1, 0.15) is 10.3 Å². The van der Waals surface area contributed by atoms with Crippen molar-refractivity contribution in [1.29, 1.82) is 0 Å². The first kappa shape index (κ1) is 12.1. The Morgan fingerprint density at radius 1 is 1.21 bits per heavy atom. The molecule has 0 aromatic carbocycles. The fourth-order valence-corrected chi connectivity index (χ4v) is 2.33. The van der Waals surface area contributed by atoms with Crippen molar-refractivity contribution in [1.82, 2.24) is 9.97 Å². The lowest BCUT2D eigenvalue weighted by molar-refractivity contribution is 0.777. The van der Waals surface area contributed by atoms with Gasteiger partial charge in [-0.15, -0.1) is 0 Å². The molecular formula is C9H12Cl2N2S. The van der Waals surface area contributed by atoms with E-state index >= 15 is 0 Å². The fourth-order valence-electron chi connectivity index (χ4n) is 0.951. The quantitative estimate of drug-likeness (QED) is 0.341. The SMILES string of the molecule is CCCCCSc1nc(Cl)cc(Cl)n1. The molecule has 1 aromatic heterocycles. The van der Waals surface area contributed by atoms with E-state index in [2.05, 4.69) is 16.9 Å². The standard InChI is InChI=1S/C9H12Cl2N2S/c1-2-3-4-5-14-9-12-7(10)6-8(11)13-9/h6H,2-5H2,1H3. The van der Waals surface area contributed by atoms with E-state index in [0.29, 0.717) is 15.5 Å². The molecule has 2 nitrogen and oxygen atoms in total. The largest absolute Gasteiger partial charge is 0.211 e. The predicted octanol–water partition coefficient (Wildman–Crippen LogP) is 4.07. The lowest BCUT2D eigenvalue weighted by Crippen LogP contribution is -1.89. The van der Waals surface area contributed by atoms with Crippen LogP contribution in [-0.2, 0) is 0 Å². The summed E-state index contributed by atoms with van der Waals surface area (Å²) in [6, 6.07) is 1.54. The zero-order chi connectivity index (χ0) is 10.4. The van der Waals surface area contributed by atoms with Gasteiger partial charge < -0.3 is 0 Å². The van der Waals surface area contributed by atoms with Crippen LogP contribution in [0, 0.1) is 0 Å². The minimum atomic E-state index is 0.406. The Morgan fingerprint density at radius 3 is 2.43 bits per heavy atom. The molecule has 5 heteroatoms. The van der Waals surface area contributed by atoms with Gasteiger partial charge in [0.25, 0.3) is 0 Å². The van der Waals surface area contributed by atoms with Gasteiger partial charge in [0.2, 0.25) is 0 Å². The topological polar surface area (TPSA) is 25.8 Å². The molecular weight excluding hydrogens is 239 g/mol. The molecule has 0 spiro atoms. The van der Waals surface area contributed by atoms with Crippen molar-refractivity contribution in [2.45, 2.75) is 31.3 Å². The minimum Gasteiger partial charge on any atom is -0.211 e. The van der Waals surface area contributed by atoms with Gasteiger partial charge in [-0.25, -0.2) is 9.97 Å². The van der Waals surface area contributed by atoms with Crippen LogP contribution in [0.5, 0.6) is 0 Å². The van der Waals surface area contributed by atoms with Crippen molar-refractivity contribution in [2.24, 2.45) is 0 Å². The Bertz CT molecular complexity index is 274. The molecule has 14 heavy (non-hydrogen) atoms. The van der Waals surface area contributed by atoms with Gasteiger partial charge in [-0.05, 0) is 6.42 Å². The van der Waals surface area contributed by atoms with Crippen molar-refractivity contribution in [3.63, 3.8) is 0 Å². The fraction of sp³-hybridized carbons (Fsp3) is 0.556. The highest BCUT2D eigenvalue weighted by atomic mass is 35.5. The van der Waals surface area contributed by atoms with Gasteiger partial charge >= 0.3 is 0 Å². The number of hydrogen-bond donors (Lipinski definition) is 0. The van der Waals surface area contributed by atoms with Crippen LogP contribution in [0.3, 0.4) is 0 Å². The van der Waals surface area contributed by atoms with E-state index < -0.39 is 0 Å². The molecule has 0 radical (unpaired) electrons. The van der Waals surface area contributed by atoms with Crippen LogP contribution in [-0.4, -0.2) is 15.7 Å². The summed E-state index contributed by atoms with van der Waals surface area (Å²) in [5.74, 6) is 1.02. The molecule has 0 bridgehead atoms. The van der Waals surface area contributed by atoms with Crippen molar-refractivity contribution < 1.29 is 0 Å². The van der Waals surface area contributed by atoms with Crippen LogP contribution < -0.4 is 0 Å². The lowest BCUT2D eigenvalue weighted by Gasteiger charge is -2.00. The summed E-state index contributed by atoms with van der Waals surface area (Å²) in [5.41, 5.74) is 0. The second-order valence-electron chi connectivity index (χ2n) is 2.85. The van der Waals surface area contributed by atoms with E-state index in [1.165, 1.54) is 19.3 Å². The van der Waals surface area contributed by atoms with Crippen LogP contribution in [0.2, 0.25) is 10.3 Å². The molecule has 0 aliphatic heterocycles. The van der Waals surface area contributed by atoms with Crippen molar-refractivity contribution >= 4 is 35.0 Å². The molecule has 0 atom stereocenters. The van der Waals surface area contributed by atoms with Crippen molar-refractivity contribution in [3.05, 3.63) is 16.4 Å². The zero-order valence-corrected chi connectivity index (χ0v) is 10.3. The number of rotatable bonds is 5. The average Bonchev–Trinajstić information content (AvgIpc) is 2.11. The van der Waals surface area contributed by atoms with E-state index in [1.807, 2.05) is 0 Å². The lowest BCUT2D eigenvalue weighted by atomic mass is 10.3. The molecule has 0 saturated carbocycles. The van der Waals surface area contributed by atoms with Crippen molar-refractivity contribution in [2.75, 3.05) is 5.75 Å². The number of unbranched alkanes of at least 4 members (excludes halogenated alkanes) is 2. The molecule has 0 fully saturated rings. The number of hydrogen-bond acceptors (Lipinski definition) is 3. The maximum atomic E-state index is 5.74. The Morgan fingerprint density at radius 2 is 1.86 bits per heavy atom. The van der Waals surface area contributed by atoms with Gasteiger partial charge in [-0.1, -0.05) is 54.7 Å². The van der Waals surface area contributed by atoms with Crippen LogP contribution in [0.25, 0.3) is 0 Å². The summed E-state index contributed by atoms with van der Waals surface area (Å²) in [4.78, 5) is 8.13. The van der Waals surface area contributed by atoms with E-state index in [4.69, 9.17) is 23.2 Å². The average molecular weight is 251 g/mol. The number of nitrogens with zero attached hydrogens (tertiary/aromatic N) is 2. The maximum Gasteiger partial charge on any atom is 0.190 e. The second kappa shape index (κ2) is 6.49.